The zero-order valence-electron chi connectivity index (χ0n) is 10.9. The molecule has 0 bridgehead atoms. The smallest absolute Gasteiger partial charge is 0.226 e. The van der Waals surface area contributed by atoms with Crippen molar-refractivity contribution in [2.24, 2.45) is 11.8 Å². The summed E-state index contributed by atoms with van der Waals surface area (Å²) in [6.45, 7) is 5.62. The lowest BCUT2D eigenvalue weighted by molar-refractivity contribution is -0.150. The third-order valence-corrected chi connectivity index (χ3v) is 4.67. The van der Waals surface area contributed by atoms with Crippen molar-refractivity contribution in [2.45, 2.75) is 38.3 Å². The van der Waals surface area contributed by atoms with Gasteiger partial charge in [0.1, 0.15) is 0 Å². The molecule has 3 fully saturated rings. The van der Waals surface area contributed by atoms with Crippen LogP contribution in [0, 0.1) is 11.8 Å². The van der Waals surface area contributed by atoms with E-state index in [1.807, 2.05) is 0 Å². The number of hydrogen-bond acceptors (Lipinski definition) is 3. The molecule has 1 amide bonds. The fourth-order valence-electron chi connectivity index (χ4n) is 3.33. The molecule has 3 aliphatic rings. The Balaban J connectivity index is 0.00000120. The standard InChI is InChI=1S/C13H22N2O2.ClH/c1-9(10-7-14-8-10)13(16)15-5-6-17-12-4-2-3-11(12)15;/h9-12,14H,2-8H2,1H3;1H. The number of amides is 1. The van der Waals surface area contributed by atoms with Gasteiger partial charge >= 0.3 is 0 Å². The Hall–Kier alpha value is -0.320. The first kappa shape index (κ1) is 14.1. The Kier molecular flexibility index (Phi) is 4.51. The molecule has 2 aliphatic heterocycles. The highest BCUT2D eigenvalue weighted by Gasteiger charge is 2.41. The minimum absolute atomic E-state index is 0. The Bertz CT molecular complexity index is 309. The van der Waals surface area contributed by atoms with Gasteiger partial charge in [-0.2, -0.15) is 0 Å². The Morgan fingerprint density at radius 1 is 1.39 bits per heavy atom. The number of carbonyl (C=O) groups excluding carboxylic acids is 1. The second-order valence-electron chi connectivity index (χ2n) is 5.65. The molecule has 1 N–H and O–H groups in total. The van der Waals surface area contributed by atoms with Gasteiger partial charge in [-0.1, -0.05) is 6.92 Å². The van der Waals surface area contributed by atoms with E-state index in [1.165, 1.54) is 6.42 Å². The fourth-order valence-corrected chi connectivity index (χ4v) is 3.33. The van der Waals surface area contributed by atoms with Gasteiger partial charge in [0.2, 0.25) is 5.91 Å². The maximum absolute atomic E-state index is 12.5. The zero-order chi connectivity index (χ0) is 11.8. The SMILES string of the molecule is CC(C(=O)N1CCOC2CCCC21)C1CNC1.Cl. The topological polar surface area (TPSA) is 41.6 Å². The van der Waals surface area contributed by atoms with Gasteiger partial charge in [-0.05, 0) is 38.3 Å². The van der Waals surface area contributed by atoms with Gasteiger partial charge < -0.3 is 15.0 Å². The number of morpholine rings is 1. The van der Waals surface area contributed by atoms with E-state index in [2.05, 4.69) is 17.1 Å². The van der Waals surface area contributed by atoms with Crippen molar-refractivity contribution >= 4 is 18.3 Å². The first-order valence-corrected chi connectivity index (χ1v) is 6.90. The molecule has 3 atom stereocenters. The predicted molar refractivity (Wildman–Crippen MR) is 71.9 cm³/mol. The largest absolute Gasteiger partial charge is 0.374 e. The monoisotopic (exact) mass is 274 g/mol. The molecule has 18 heavy (non-hydrogen) atoms. The first-order valence-electron chi connectivity index (χ1n) is 6.90. The zero-order valence-corrected chi connectivity index (χ0v) is 11.7. The number of fused-ring (bicyclic) bond motifs is 1. The third-order valence-electron chi connectivity index (χ3n) is 4.67. The molecular weight excluding hydrogens is 252 g/mol. The third kappa shape index (κ3) is 2.38. The summed E-state index contributed by atoms with van der Waals surface area (Å²) in [5, 5.41) is 3.25. The lowest BCUT2D eigenvalue weighted by Crippen LogP contribution is -2.56. The van der Waals surface area contributed by atoms with Crippen molar-refractivity contribution in [2.75, 3.05) is 26.2 Å². The molecular formula is C13H23ClN2O2. The van der Waals surface area contributed by atoms with Crippen molar-refractivity contribution in [3.05, 3.63) is 0 Å². The molecule has 2 saturated heterocycles. The predicted octanol–water partition coefficient (Wildman–Crippen LogP) is 1.04. The minimum Gasteiger partial charge on any atom is -0.374 e. The van der Waals surface area contributed by atoms with Crippen LogP contribution >= 0.6 is 12.4 Å². The van der Waals surface area contributed by atoms with Crippen LogP contribution in [0.15, 0.2) is 0 Å². The summed E-state index contributed by atoms with van der Waals surface area (Å²) in [6, 6.07) is 0.367. The van der Waals surface area contributed by atoms with Gasteiger partial charge in [0.05, 0.1) is 18.8 Å². The van der Waals surface area contributed by atoms with Gasteiger partial charge in [0.25, 0.3) is 0 Å². The van der Waals surface area contributed by atoms with Crippen molar-refractivity contribution in [3.63, 3.8) is 0 Å². The molecule has 5 heteroatoms. The number of nitrogens with one attached hydrogen (secondary N) is 1. The van der Waals surface area contributed by atoms with E-state index in [4.69, 9.17) is 4.74 Å². The molecule has 3 rings (SSSR count). The average molecular weight is 275 g/mol. The fraction of sp³-hybridized carbons (Fsp3) is 0.923. The number of nitrogens with zero attached hydrogens (tertiary/aromatic N) is 1. The molecule has 0 aromatic heterocycles. The molecule has 104 valence electrons. The van der Waals surface area contributed by atoms with Gasteiger partial charge in [-0.25, -0.2) is 0 Å². The summed E-state index contributed by atoms with van der Waals surface area (Å²) in [4.78, 5) is 14.6. The number of ether oxygens (including phenoxy) is 1. The van der Waals surface area contributed by atoms with E-state index < -0.39 is 0 Å². The van der Waals surface area contributed by atoms with Crippen molar-refractivity contribution in [1.29, 1.82) is 0 Å². The lowest BCUT2D eigenvalue weighted by atomic mass is 9.87. The van der Waals surface area contributed by atoms with Crippen LogP contribution in [0.3, 0.4) is 0 Å². The Labute approximate surface area is 115 Å². The highest BCUT2D eigenvalue weighted by atomic mass is 35.5. The van der Waals surface area contributed by atoms with E-state index >= 15 is 0 Å². The van der Waals surface area contributed by atoms with Crippen LogP contribution in [-0.4, -0.2) is 49.2 Å². The van der Waals surface area contributed by atoms with E-state index in [1.54, 1.807) is 0 Å². The molecule has 0 spiro atoms. The first-order chi connectivity index (χ1) is 8.27. The van der Waals surface area contributed by atoms with Crippen molar-refractivity contribution in [1.82, 2.24) is 10.2 Å². The summed E-state index contributed by atoms with van der Waals surface area (Å²) in [7, 11) is 0. The second kappa shape index (κ2) is 5.76. The van der Waals surface area contributed by atoms with E-state index in [9.17, 15) is 4.79 Å². The maximum Gasteiger partial charge on any atom is 0.226 e. The minimum atomic E-state index is 0. The Morgan fingerprint density at radius 3 is 2.83 bits per heavy atom. The summed E-state index contributed by atoms with van der Waals surface area (Å²) in [5.41, 5.74) is 0. The van der Waals surface area contributed by atoms with Crippen LogP contribution in [0.4, 0.5) is 0 Å². The van der Waals surface area contributed by atoms with Crippen molar-refractivity contribution in [3.8, 4) is 0 Å². The van der Waals surface area contributed by atoms with Gasteiger partial charge in [0.15, 0.2) is 0 Å². The van der Waals surface area contributed by atoms with Crippen LogP contribution in [0.25, 0.3) is 0 Å². The summed E-state index contributed by atoms with van der Waals surface area (Å²) >= 11 is 0. The number of halogens is 1. The molecule has 0 aromatic rings. The number of carbonyl (C=O) groups is 1. The van der Waals surface area contributed by atoms with Gasteiger partial charge in [-0.15, -0.1) is 12.4 Å². The average Bonchev–Trinajstić information content (AvgIpc) is 2.73. The molecule has 1 saturated carbocycles. The van der Waals surface area contributed by atoms with E-state index in [0.29, 0.717) is 24.0 Å². The number of hydrogen-bond donors (Lipinski definition) is 1. The summed E-state index contributed by atoms with van der Waals surface area (Å²) in [6.07, 6.45) is 3.79. The molecule has 3 unspecified atom stereocenters. The second-order valence-corrected chi connectivity index (χ2v) is 5.65. The Morgan fingerprint density at radius 2 is 2.17 bits per heavy atom. The van der Waals surface area contributed by atoms with Crippen LogP contribution in [-0.2, 0) is 9.53 Å². The van der Waals surface area contributed by atoms with Gasteiger partial charge in [0, 0.05) is 12.5 Å². The lowest BCUT2D eigenvalue weighted by Gasteiger charge is -2.41. The quantitative estimate of drug-likeness (QED) is 0.818. The molecule has 0 aromatic carbocycles. The van der Waals surface area contributed by atoms with Crippen LogP contribution in [0.5, 0.6) is 0 Å². The van der Waals surface area contributed by atoms with Crippen molar-refractivity contribution < 1.29 is 9.53 Å². The van der Waals surface area contributed by atoms with Crippen LogP contribution < -0.4 is 5.32 Å². The van der Waals surface area contributed by atoms with E-state index in [-0.39, 0.29) is 18.3 Å². The highest BCUT2D eigenvalue weighted by Crippen LogP contribution is 2.31. The molecule has 2 heterocycles. The van der Waals surface area contributed by atoms with Crippen LogP contribution in [0.1, 0.15) is 26.2 Å². The highest BCUT2D eigenvalue weighted by molar-refractivity contribution is 5.85. The summed E-state index contributed by atoms with van der Waals surface area (Å²) < 4.78 is 5.76. The van der Waals surface area contributed by atoms with Crippen LogP contribution in [0.2, 0.25) is 0 Å². The molecule has 1 aliphatic carbocycles. The normalized spacial score (nSPS) is 33.3. The molecule has 4 nitrogen and oxygen atoms in total. The van der Waals surface area contributed by atoms with Gasteiger partial charge in [-0.3, -0.25) is 4.79 Å². The maximum atomic E-state index is 12.5. The van der Waals surface area contributed by atoms with E-state index in [0.717, 1.165) is 39.1 Å². The summed E-state index contributed by atoms with van der Waals surface area (Å²) in [5.74, 6) is 1.08. The molecule has 0 radical (unpaired) electrons. The number of rotatable bonds is 2.